The van der Waals surface area contributed by atoms with Crippen LogP contribution in [0.3, 0.4) is 0 Å². The molecule has 7 nitrogen and oxygen atoms in total. The number of aromatic nitrogens is 5. The van der Waals surface area contributed by atoms with Crippen LogP contribution in [0.15, 0.2) is 60.2 Å². The zero-order valence-corrected chi connectivity index (χ0v) is 14.4. The summed E-state index contributed by atoms with van der Waals surface area (Å²) in [6.07, 6.45) is 10.1. The molecule has 0 unspecified atom stereocenters. The third-order valence-electron chi connectivity index (χ3n) is 4.38. The van der Waals surface area contributed by atoms with Gasteiger partial charge >= 0.3 is 0 Å². The average Bonchev–Trinajstić information content (AvgIpc) is 3.33. The number of hydrogen-bond acceptors (Lipinski definition) is 4. The van der Waals surface area contributed by atoms with E-state index in [-0.39, 0.29) is 5.56 Å². The van der Waals surface area contributed by atoms with Crippen molar-refractivity contribution in [2.45, 2.75) is 19.5 Å². The van der Waals surface area contributed by atoms with Gasteiger partial charge in [-0.3, -0.25) is 4.79 Å². The number of H-pyrrole nitrogens is 1. The first-order chi connectivity index (χ1) is 12.7. The summed E-state index contributed by atoms with van der Waals surface area (Å²) in [6, 6.07) is 7.50. The van der Waals surface area contributed by atoms with E-state index in [1.54, 1.807) is 25.8 Å². The summed E-state index contributed by atoms with van der Waals surface area (Å²) in [5.74, 6) is 1.39. The van der Waals surface area contributed by atoms with Crippen molar-refractivity contribution in [3.05, 3.63) is 65.7 Å². The van der Waals surface area contributed by atoms with Crippen molar-refractivity contribution >= 4 is 10.9 Å². The van der Waals surface area contributed by atoms with Crippen LogP contribution in [0.4, 0.5) is 0 Å². The molecule has 0 amide bonds. The van der Waals surface area contributed by atoms with Crippen molar-refractivity contribution < 1.29 is 4.74 Å². The van der Waals surface area contributed by atoms with Crippen molar-refractivity contribution in [3.8, 4) is 17.1 Å². The smallest absolute Gasteiger partial charge is 0.259 e. The Hall–Kier alpha value is -3.35. The Morgan fingerprint density at radius 1 is 1.15 bits per heavy atom. The fraction of sp³-hybridized carbons (Fsp3) is 0.211. The second kappa shape index (κ2) is 6.87. The van der Waals surface area contributed by atoms with Crippen LogP contribution in [-0.2, 0) is 13.1 Å². The van der Waals surface area contributed by atoms with Crippen LogP contribution < -0.4 is 10.3 Å². The molecule has 0 aliphatic heterocycles. The molecule has 0 radical (unpaired) electrons. The van der Waals surface area contributed by atoms with Crippen LogP contribution >= 0.6 is 0 Å². The van der Waals surface area contributed by atoms with Gasteiger partial charge in [-0.1, -0.05) is 0 Å². The number of hydrogen-bond donors (Lipinski definition) is 1. The summed E-state index contributed by atoms with van der Waals surface area (Å²) in [4.78, 5) is 24.0. The highest BCUT2D eigenvalue weighted by Gasteiger charge is 2.12. The van der Waals surface area contributed by atoms with E-state index in [4.69, 9.17) is 4.74 Å². The molecule has 4 aromatic rings. The lowest BCUT2D eigenvalue weighted by Gasteiger charge is -2.09. The highest BCUT2D eigenvalue weighted by Crippen LogP contribution is 2.22. The molecule has 0 bridgehead atoms. The largest absolute Gasteiger partial charge is 0.497 e. The topological polar surface area (TPSA) is 77.7 Å². The maximum atomic E-state index is 12.6. The molecule has 0 saturated heterocycles. The SMILES string of the molecule is COc1ccc2cc(-c3nccn3CCCn3ccnc3)c(=O)[nH]c2c1. The van der Waals surface area contributed by atoms with Gasteiger partial charge in [-0.25, -0.2) is 9.97 Å². The lowest BCUT2D eigenvalue weighted by atomic mass is 10.1. The van der Waals surface area contributed by atoms with Crippen LogP contribution in [-0.4, -0.2) is 31.2 Å². The number of rotatable bonds is 6. The zero-order valence-electron chi connectivity index (χ0n) is 14.4. The Kier molecular flexibility index (Phi) is 4.27. The van der Waals surface area contributed by atoms with Crippen molar-refractivity contribution in [1.82, 2.24) is 24.1 Å². The number of imidazole rings is 2. The summed E-state index contributed by atoms with van der Waals surface area (Å²) < 4.78 is 9.26. The van der Waals surface area contributed by atoms with E-state index in [0.29, 0.717) is 17.1 Å². The Balaban J connectivity index is 1.62. The molecule has 0 fully saturated rings. The Morgan fingerprint density at radius 2 is 2.08 bits per heavy atom. The van der Waals surface area contributed by atoms with Gasteiger partial charge in [-0.15, -0.1) is 0 Å². The molecule has 132 valence electrons. The first-order valence-electron chi connectivity index (χ1n) is 8.43. The van der Waals surface area contributed by atoms with Crippen LogP contribution in [0.5, 0.6) is 5.75 Å². The van der Waals surface area contributed by atoms with E-state index < -0.39 is 0 Å². The lowest BCUT2D eigenvalue weighted by molar-refractivity contribution is 0.415. The fourth-order valence-corrected chi connectivity index (χ4v) is 3.05. The molecule has 0 aliphatic carbocycles. The Morgan fingerprint density at radius 3 is 2.88 bits per heavy atom. The normalized spacial score (nSPS) is 11.1. The molecule has 0 aliphatic rings. The van der Waals surface area contributed by atoms with Gasteiger partial charge < -0.3 is 18.9 Å². The standard InChI is InChI=1S/C19H19N5O2/c1-26-15-4-3-14-11-16(19(25)22-17(14)12-15)18-21-6-10-24(18)8-2-7-23-9-5-20-13-23/h3-6,9-13H,2,7-8H2,1H3,(H,22,25). The van der Waals surface area contributed by atoms with Crippen LogP contribution in [0.2, 0.25) is 0 Å². The lowest BCUT2D eigenvalue weighted by Crippen LogP contribution is -2.12. The number of aromatic amines is 1. The van der Waals surface area contributed by atoms with Crippen LogP contribution in [0.25, 0.3) is 22.3 Å². The molecule has 1 N–H and O–H groups in total. The van der Waals surface area contributed by atoms with E-state index in [9.17, 15) is 4.79 Å². The van der Waals surface area contributed by atoms with Crippen molar-refractivity contribution in [2.24, 2.45) is 0 Å². The van der Waals surface area contributed by atoms with Gasteiger partial charge in [0.05, 0.1) is 24.5 Å². The van der Waals surface area contributed by atoms with Gasteiger partial charge in [0.15, 0.2) is 0 Å². The monoisotopic (exact) mass is 349 g/mol. The van der Waals surface area contributed by atoms with Crippen molar-refractivity contribution in [1.29, 1.82) is 0 Å². The summed E-state index contributed by atoms with van der Waals surface area (Å²) in [5, 5.41) is 0.938. The third-order valence-corrected chi connectivity index (χ3v) is 4.38. The third kappa shape index (κ3) is 3.11. The minimum atomic E-state index is -0.159. The molecule has 0 spiro atoms. The van der Waals surface area contributed by atoms with E-state index in [1.165, 1.54) is 0 Å². The molecule has 3 aromatic heterocycles. The van der Waals surface area contributed by atoms with E-state index in [0.717, 1.165) is 30.4 Å². The molecule has 26 heavy (non-hydrogen) atoms. The number of nitrogens with one attached hydrogen (secondary N) is 1. The highest BCUT2D eigenvalue weighted by molar-refractivity contribution is 5.83. The molecule has 0 atom stereocenters. The maximum Gasteiger partial charge on any atom is 0.259 e. The van der Waals surface area contributed by atoms with Crippen LogP contribution in [0, 0.1) is 0 Å². The summed E-state index contributed by atoms with van der Waals surface area (Å²) in [7, 11) is 1.61. The maximum absolute atomic E-state index is 12.6. The Labute approximate surface area is 149 Å². The van der Waals surface area contributed by atoms with E-state index >= 15 is 0 Å². The summed E-state index contributed by atoms with van der Waals surface area (Å²) in [6.45, 7) is 1.64. The summed E-state index contributed by atoms with van der Waals surface area (Å²) >= 11 is 0. The van der Waals surface area contributed by atoms with Gasteiger partial charge in [0, 0.05) is 43.9 Å². The van der Waals surface area contributed by atoms with Gasteiger partial charge in [-0.2, -0.15) is 0 Å². The van der Waals surface area contributed by atoms with Gasteiger partial charge in [0.25, 0.3) is 5.56 Å². The zero-order chi connectivity index (χ0) is 17.9. The molecular formula is C19H19N5O2. The molecule has 0 saturated carbocycles. The van der Waals surface area contributed by atoms with Gasteiger partial charge in [-0.05, 0) is 30.0 Å². The number of ether oxygens (including phenoxy) is 1. The van der Waals surface area contributed by atoms with Gasteiger partial charge in [0.2, 0.25) is 0 Å². The second-order valence-electron chi connectivity index (χ2n) is 6.06. The number of nitrogens with zero attached hydrogens (tertiary/aromatic N) is 4. The predicted molar refractivity (Wildman–Crippen MR) is 99.2 cm³/mol. The highest BCUT2D eigenvalue weighted by atomic mass is 16.5. The molecule has 7 heteroatoms. The van der Waals surface area contributed by atoms with Gasteiger partial charge in [0.1, 0.15) is 11.6 Å². The predicted octanol–water partition coefficient (Wildman–Crippen LogP) is 2.69. The molecule has 3 heterocycles. The molecule has 4 rings (SSSR count). The Bertz CT molecular complexity index is 1080. The minimum absolute atomic E-state index is 0.159. The average molecular weight is 349 g/mol. The number of pyridine rings is 1. The van der Waals surface area contributed by atoms with Crippen LogP contribution in [0.1, 0.15) is 6.42 Å². The van der Waals surface area contributed by atoms with E-state index in [2.05, 4.69) is 15.0 Å². The van der Waals surface area contributed by atoms with E-state index in [1.807, 2.05) is 45.8 Å². The molecular weight excluding hydrogens is 330 g/mol. The first kappa shape index (κ1) is 16.1. The first-order valence-corrected chi connectivity index (χ1v) is 8.43. The number of aryl methyl sites for hydroxylation is 2. The fourth-order valence-electron chi connectivity index (χ4n) is 3.05. The minimum Gasteiger partial charge on any atom is -0.497 e. The summed E-state index contributed by atoms with van der Waals surface area (Å²) in [5.41, 5.74) is 1.15. The molecule has 1 aromatic carbocycles. The quantitative estimate of drug-likeness (QED) is 0.580. The number of methoxy groups -OCH3 is 1. The van der Waals surface area contributed by atoms with Crippen molar-refractivity contribution in [2.75, 3.05) is 7.11 Å². The van der Waals surface area contributed by atoms with Crippen molar-refractivity contribution in [3.63, 3.8) is 0 Å². The second-order valence-corrected chi connectivity index (χ2v) is 6.06. The number of fused-ring (bicyclic) bond motifs is 1. The number of benzene rings is 1.